The molecule has 4 rings (SSSR count). The zero-order valence-electron chi connectivity index (χ0n) is 19.2. The van der Waals surface area contributed by atoms with E-state index in [0.29, 0.717) is 17.7 Å². The molecule has 0 N–H and O–H groups in total. The molecule has 0 amide bonds. The summed E-state index contributed by atoms with van der Waals surface area (Å²) in [6, 6.07) is 8.35. The van der Waals surface area contributed by atoms with Gasteiger partial charge in [-0.2, -0.15) is 4.98 Å². The fourth-order valence-corrected chi connectivity index (χ4v) is 4.02. The van der Waals surface area contributed by atoms with Crippen LogP contribution in [-0.4, -0.2) is 62.0 Å². The third kappa shape index (κ3) is 3.96. The normalized spacial score (nSPS) is 26.4. The SMILES string of the molecule is CCOc1ncnc2c1ncn2[C@H]1O[C@H](COC(=O)c2ccccc2)[C@](C)(OC(C)=O)[C@@]1(C)F. The highest BCUT2D eigenvalue weighted by Gasteiger charge is 2.66. The Kier molecular flexibility index (Phi) is 6.22. The molecule has 2 aromatic heterocycles. The van der Waals surface area contributed by atoms with Gasteiger partial charge in [0.25, 0.3) is 0 Å². The lowest BCUT2D eigenvalue weighted by Gasteiger charge is -2.36. The zero-order valence-corrected chi connectivity index (χ0v) is 19.2. The van der Waals surface area contributed by atoms with Crippen molar-refractivity contribution in [2.45, 2.75) is 51.3 Å². The number of hydrogen-bond donors (Lipinski definition) is 0. The van der Waals surface area contributed by atoms with Gasteiger partial charge in [-0.3, -0.25) is 9.36 Å². The average molecular weight is 472 g/mol. The molecule has 0 bridgehead atoms. The van der Waals surface area contributed by atoms with Crippen molar-refractivity contribution in [3.63, 3.8) is 0 Å². The molecular weight excluding hydrogens is 447 g/mol. The second-order valence-corrected chi connectivity index (χ2v) is 8.15. The minimum atomic E-state index is -2.26. The van der Waals surface area contributed by atoms with E-state index in [4.69, 9.17) is 18.9 Å². The molecule has 0 aliphatic carbocycles. The molecule has 0 radical (unpaired) electrons. The second kappa shape index (κ2) is 8.98. The quantitative estimate of drug-likeness (QED) is 0.479. The highest BCUT2D eigenvalue weighted by atomic mass is 19.1. The maximum Gasteiger partial charge on any atom is 0.338 e. The Labute approximate surface area is 195 Å². The van der Waals surface area contributed by atoms with Crippen molar-refractivity contribution >= 4 is 23.1 Å². The first-order valence-corrected chi connectivity index (χ1v) is 10.8. The molecule has 0 saturated carbocycles. The first-order chi connectivity index (χ1) is 16.2. The minimum Gasteiger partial charge on any atom is -0.476 e. The van der Waals surface area contributed by atoms with Crippen LogP contribution in [0.15, 0.2) is 43.0 Å². The Morgan fingerprint density at radius 1 is 1.18 bits per heavy atom. The number of ether oxygens (including phenoxy) is 4. The Balaban J connectivity index is 1.67. The number of nitrogens with zero attached hydrogens (tertiary/aromatic N) is 4. The van der Waals surface area contributed by atoms with Crippen molar-refractivity contribution in [1.29, 1.82) is 0 Å². The van der Waals surface area contributed by atoms with E-state index in [1.807, 2.05) is 0 Å². The van der Waals surface area contributed by atoms with Crippen LogP contribution >= 0.6 is 0 Å². The van der Waals surface area contributed by atoms with E-state index in [1.165, 1.54) is 38.0 Å². The second-order valence-electron chi connectivity index (χ2n) is 8.15. The lowest BCUT2D eigenvalue weighted by atomic mass is 9.84. The average Bonchev–Trinajstić information content (AvgIpc) is 3.30. The largest absolute Gasteiger partial charge is 0.476 e. The number of aromatic nitrogens is 4. The summed E-state index contributed by atoms with van der Waals surface area (Å²) in [6.45, 7) is 5.66. The van der Waals surface area contributed by atoms with E-state index in [1.54, 1.807) is 37.3 Å². The van der Waals surface area contributed by atoms with Crippen molar-refractivity contribution < 1.29 is 32.9 Å². The van der Waals surface area contributed by atoms with E-state index in [9.17, 15) is 9.59 Å². The number of carbonyl (C=O) groups is 2. The topological polar surface area (TPSA) is 115 Å². The molecule has 1 saturated heterocycles. The van der Waals surface area contributed by atoms with Crippen LogP contribution in [-0.2, 0) is 19.0 Å². The van der Waals surface area contributed by atoms with Crippen molar-refractivity contribution in [3.8, 4) is 5.88 Å². The molecule has 3 heterocycles. The Hall–Kier alpha value is -3.60. The van der Waals surface area contributed by atoms with E-state index in [2.05, 4.69) is 15.0 Å². The number of fused-ring (bicyclic) bond motifs is 1. The summed E-state index contributed by atoms with van der Waals surface area (Å²) in [4.78, 5) is 36.9. The summed E-state index contributed by atoms with van der Waals surface area (Å²) in [5, 5.41) is 0. The number of carbonyl (C=O) groups excluding carboxylic acids is 2. The van der Waals surface area contributed by atoms with Gasteiger partial charge in [-0.1, -0.05) is 18.2 Å². The fraction of sp³-hybridized carbons (Fsp3) is 0.435. The van der Waals surface area contributed by atoms with Crippen LogP contribution in [0.1, 0.15) is 44.3 Å². The summed E-state index contributed by atoms with van der Waals surface area (Å²) >= 11 is 0. The summed E-state index contributed by atoms with van der Waals surface area (Å²) in [6.07, 6.45) is 0.221. The molecule has 4 atom stereocenters. The molecule has 1 aliphatic rings. The third-order valence-electron chi connectivity index (χ3n) is 5.93. The van der Waals surface area contributed by atoms with Crippen LogP contribution in [0, 0.1) is 0 Å². The number of alkyl halides is 1. The Morgan fingerprint density at radius 2 is 1.91 bits per heavy atom. The van der Waals surface area contributed by atoms with E-state index >= 15 is 4.39 Å². The van der Waals surface area contributed by atoms with Crippen molar-refractivity contribution in [1.82, 2.24) is 19.5 Å². The lowest BCUT2D eigenvalue weighted by Crippen LogP contribution is -2.55. The van der Waals surface area contributed by atoms with Gasteiger partial charge in [0.15, 0.2) is 28.7 Å². The summed E-state index contributed by atoms with van der Waals surface area (Å²) in [5.74, 6) is -1.06. The van der Waals surface area contributed by atoms with Crippen LogP contribution in [0.2, 0.25) is 0 Å². The number of benzene rings is 1. The first kappa shape index (κ1) is 23.6. The highest BCUT2D eigenvalue weighted by molar-refractivity contribution is 5.89. The summed E-state index contributed by atoms with van der Waals surface area (Å²) in [5.41, 5.74) is -3.11. The molecule has 34 heavy (non-hydrogen) atoms. The lowest BCUT2D eigenvalue weighted by molar-refractivity contribution is -0.175. The van der Waals surface area contributed by atoms with E-state index < -0.39 is 35.5 Å². The molecule has 0 spiro atoms. The first-order valence-electron chi connectivity index (χ1n) is 10.8. The Morgan fingerprint density at radius 3 is 2.59 bits per heavy atom. The maximum absolute atomic E-state index is 16.5. The highest BCUT2D eigenvalue weighted by Crippen LogP contribution is 2.51. The van der Waals surface area contributed by atoms with Crippen LogP contribution in [0.3, 0.4) is 0 Å². The van der Waals surface area contributed by atoms with E-state index in [-0.39, 0.29) is 18.1 Å². The maximum atomic E-state index is 16.5. The molecule has 1 aliphatic heterocycles. The van der Waals surface area contributed by atoms with Gasteiger partial charge in [-0.15, -0.1) is 0 Å². The Bertz CT molecular complexity index is 1200. The zero-order chi connectivity index (χ0) is 24.5. The van der Waals surface area contributed by atoms with Gasteiger partial charge in [0.1, 0.15) is 19.0 Å². The van der Waals surface area contributed by atoms with Crippen LogP contribution in [0.5, 0.6) is 5.88 Å². The minimum absolute atomic E-state index is 0.251. The van der Waals surface area contributed by atoms with Gasteiger partial charge < -0.3 is 18.9 Å². The van der Waals surface area contributed by atoms with Crippen molar-refractivity contribution in [2.24, 2.45) is 0 Å². The molecule has 1 fully saturated rings. The fourth-order valence-electron chi connectivity index (χ4n) is 4.02. The smallest absolute Gasteiger partial charge is 0.338 e. The van der Waals surface area contributed by atoms with Crippen molar-refractivity contribution in [3.05, 3.63) is 48.5 Å². The van der Waals surface area contributed by atoms with Crippen LogP contribution in [0.25, 0.3) is 11.2 Å². The van der Waals surface area contributed by atoms with Gasteiger partial charge in [0, 0.05) is 6.92 Å². The monoisotopic (exact) mass is 472 g/mol. The predicted octanol–water partition coefficient (Wildman–Crippen LogP) is 3.03. The number of rotatable bonds is 7. The molecule has 180 valence electrons. The summed E-state index contributed by atoms with van der Waals surface area (Å²) in [7, 11) is 0. The van der Waals surface area contributed by atoms with Crippen molar-refractivity contribution in [2.75, 3.05) is 13.2 Å². The van der Waals surface area contributed by atoms with Crippen LogP contribution in [0.4, 0.5) is 4.39 Å². The summed E-state index contributed by atoms with van der Waals surface area (Å²) < 4.78 is 40.2. The number of halogens is 1. The molecule has 1 aromatic carbocycles. The number of esters is 2. The molecule has 10 nitrogen and oxygen atoms in total. The molecular formula is C23H25FN4O6. The predicted molar refractivity (Wildman–Crippen MR) is 117 cm³/mol. The van der Waals surface area contributed by atoms with E-state index in [0.717, 1.165) is 0 Å². The third-order valence-corrected chi connectivity index (χ3v) is 5.93. The standard InChI is InChI=1S/C23H25FN4O6/c1-5-31-19-17-18(25-12-26-19)28(13-27-17)21-22(3,24)23(4,34-14(2)29)16(33-21)11-32-20(30)15-9-7-6-8-10-15/h6-10,12-13,16,21H,5,11H2,1-4H3/t16-,21+,22+,23+/m1/s1. The van der Waals surface area contributed by atoms with Gasteiger partial charge in [0.2, 0.25) is 5.88 Å². The van der Waals surface area contributed by atoms with Gasteiger partial charge in [-0.05, 0) is 32.9 Å². The van der Waals surface area contributed by atoms with Gasteiger partial charge in [0.05, 0.1) is 18.5 Å². The van der Waals surface area contributed by atoms with Crippen LogP contribution < -0.4 is 4.74 Å². The molecule has 11 heteroatoms. The molecule has 0 unspecified atom stereocenters. The van der Waals surface area contributed by atoms with Gasteiger partial charge >= 0.3 is 11.9 Å². The molecule has 3 aromatic rings. The number of imidazole rings is 1. The number of hydrogen-bond acceptors (Lipinski definition) is 9. The van der Waals surface area contributed by atoms with Gasteiger partial charge in [-0.25, -0.2) is 19.2 Å².